The van der Waals surface area contributed by atoms with Crippen LogP contribution in [-0.4, -0.2) is 36.1 Å². The van der Waals surface area contributed by atoms with Crippen LogP contribution in [0.2, 0.25) is 0 Å². The number of amides is 2. The number of hydrogen-bond acceptors (Lipinski definition) is 5. The number of hydroxylamine groups is 1. The number of ether oxygens (including phenoxy) is 1. The lowest BCUT2D eigenvalue weighted by molar-refractivity contribution is -0.134. The second-order valence-electron chi connectivity index (χ2n) is 7.59. The Bertz CT molecular complexity index is 797. The molecular weight excluding hydrogens is 380 g/mol. The molecule has 0 aromatic heterocycles. The number of nitrogens with zero attached hydrogens (tertiary/aromatic N) is 1. The van der Waals surface area contributed by atoms with E-state index in [9.17, 15) is 9.59 Å². The average molecular weight is 411 g/mol. The number of imide groups is 1. The summed E-state index contributed by atoms with van der Waals surface area (Å²) in [4.78, 5) is 32.5. The number of unbranched alkanes of at least 4 members (excludes halogenated alkanes) is 1. The summed E-state index contributed by atoms with van der Waals surface area (Å²) < 4.78 is 5.22. The van der Waals surface area contributed by atoms with Crippen molar-refractivity contribution >= 4 is 12.0 Å². The SMILES string of the molecule is CCCCC(CNOCc1ccccc1)C(=O)N1C(=O)OC[C@@H]1Cc1ccccc1. The Morgan fingerprint density at radius 1 is 1.13 bits per heavy atom. The minimum atomic E-state index is -0.548. The molecule has 30 heavy (non-hydrogen) atoms. The number of cyclic esters (lactones) is 1. The maximum Gasteiger partial charge on any atom is 0.416 e. The van der Waals surface area contributed by atoms with Crippen LogP contribution in [0.25, 0.3) is 0 Å². The Labute approximate surface area is 178 Å². The van der Waals surface area contributed by atoms with Gasteiger partial charge in [0.05, 0.1) is 18.6 Å². The van der Waals surface area contributed by atoms with E-state index in [1.165, 1.54) is 4.90 Å². The van der Waals surface area contributed by atoms with Gasteiger partial charge in [-0.25, -0.2) is 15.2 Å². The molecule has 1 aliphatic heterocycles. The number of nitrogens with one attached hydrogen (secondary N) is 1. The quantitative estimate of drug-likeness (QED) is 0.446. The third-order valence-electron chi connectivity index (χ3n) is 5.28. The molecular formula is C24H30N2O4. The van der Waals surface area contributed by atoms with Gasteiger partial charge in [-0.05, 0) is 24.0 Å². The van der Waals surface area contributed by atoms with Gasteiger partial charge in [-0.3, -0.25) is 9.63 Å². The molecule has 1 N–H and O–H groups in total. The third kappa shape index (κ3) is 6.15. The van der Waals surface area contributed by atoms with E-state index < -0.39 is 6.09 Å². The maximum atomic E-state index is 13.3. The lowest BCUT2D eigenvalue weighted by Gasteiger charge is -2.25. The molecule has 0 spiro atoms. The topological polar surface area (TPSA) is 67.9 Å². The summed E-state index contributed by atoms with van der Waals surface area (Å²) in [6.07, 6.45) is 2.62. The molecule has 1 aliphatic rings. The highest BCUT2D eigenvalue weighted by atomic mass is 16.6. The van der Waals surface area contributed by atoms with E-state index in [1.807, 2.05) is 60.7 Å². The summed E-state index contributed by atoms with van der Waals surface area (Å²) in [5.74, 6) is -0.535. The highest BCUT2D eigenvalue weighted by molar-refractivity contribution is 5.95. The molecule has 0 saturated carbocycles. The number of rotatable bonds is 11. The van der Waals surface area contributed by atoms with Gasteiger partial charge in [0.25, 0.3) is 0 Å². The van der Waals surface area contributed by atoms with Crippen LogP contribution < -0.4 is 5.48 Å². The average Bonchev–Trinajstić information content (AvgIpc) is 3.14. The summed E-state index contributed by atoms with van der Waals surface area (Å²) in [6, 6.07) is 19.4. The molecule has 2 aromatic carbocycles. The van der Waals surface area contributed by atoms with Crippen LogP contribution in [0.3, 0.4) is 0 Å². The van der Waals surface area contributed by atoms with E-state index >= 15 is 0 Å². The summed E-state index contributed by atoms with van der Waals surface area (Å²) >= 11 is 0. The fourth-order valence-electron chi connectivity index (χ4n) is 3.60. The number of carbonyl (C=O) groups is 2. The van der Waals surface area contributed by atoms with Crippen molar-refractivity contribution < 1.29 is 19.2 Å². The Morgan fingerprint density at radius 2 is 1.80 bits per heavy atom. The van der Waals surface area contributed by atoms with Crippen molar-refractivity contribution in [2.45, 2.75) is 45.3 Å². The Balaban J connectivity index is 1.59. The molecule has 2 amide bonds. The smallest absolute Gasteiger partial charge is 0.416 e. The third-order valence-corrected chi connectivity index (χ3v) is 5.28. The van der Waals surface area contributed by atoms with Gasteiger partial charge in [0.15, 0.2) is 0 Å². The number of hydrogen-bond donors (Lipinski definition) is 1. The summed E-state index contributed by atoms with van der Waals surface area (Å²) in [5.41, 5.74) is 5.05. The van der Waals surface area contributed by atoms with Crippen LogP contribution in [-0.2, 0) is 27.4 Å². The fraction of sp³-hybridized carbons (Fsp3) is 0.417. The predicted octanol–water partition coefficient (Wildman–Crippen LogP) is 4.10. The molecule has 160 valence electrons. The molecule has 1 unspecified atom stereocenters. The molecule has 1 heterocycles. The summed E-state index contributed by atoms with van der Waals surface area (Å²) in [7, 11) is 0. The van der Waals surface area contributed by atoms with Crippen molar-refractivity contribution in [3.8, 4) is 0 Å². The number of carbonyl (C=O) groups excluding carboxylic acids is 2. The van der Waals surface area contributed by atoms with Gasteiger partial charge >= 0.3 is 6.09 Å². The van der Waals surface area contributed by atoms with E-state index in [0.717, 1.165) is 24.0 Å². The van der Waals surface area contributed by atoms with E-state index in [1.54, 1.807) is 0 Å². The molecule has 3 rings (SSSR count). The highest BCUT2D eigenvalue weighted by Gasteiger charge is 2.40. The lowest BCUT2D eigenvalue weighted by atomic mass is 9.99. The Kier molecular flexibility index (Phi) is 8.41. The van der Waals surface area contributed by atoms with Gasteiger partial charge < -0.3 is 4.74 Å². The monoisotopic (exact) mass is 410 g/mol. The molecule has 0 bridgehead atoms. The first-order valence-corrected chi connectivity index (χ1v) is 10.6. The van der Waals surface area contributed by atoms with Crippen LogP contribution in [0.5, 0.6) is 0 Å². The molecule has 2 aromatic rings. The van der Waals surface area contributed by atoms with Gasteiger partial charge in [0, 0.05) is 6.54 Å². The van der Waals surface area contributed by atoms with Crippen molar-refractivity contribution in [3.05, 3.63) is 71.8 Å². The van der Waals surface area contributed by atoms with Crippen molar-refractivity contribution in [1.82, 2.24) is 10.4 Å². The Hall–Kier alpha value is -2.70. The second-order valence-corrected chi connectivity index (χ2v) is 7.59. The van der Waals surface area contributed by atoms with Gasteiger partial charge in [-0.15, -0.1) is 0 Å². The zero-order valence-corrected chi connectivity index (χ0v) is 17.5. The maximum absolute atomic E-state index is 13.3. The standard InChI is InChI=1S/C24H30N2O4/c1-2-3-14-21(16-25-30-17-20-12-8-5-9-13-20)23(27)26-22(18-29-24(26)28)15-19-10-6-4-7-11-19/h4-13,21-22,25H,2-3,14-18H2,1H3/t21?,22-/m0/s1. The van der Waals surface area contributed by atoms with Crippen LogP contribution in [0, 0.1) is 5.92 Å². The zero-order valence-electron chi connectivity index (χ0n) is 17.5. The van der Waals surface area contributed by atoms with Crippen molar-refractivity contribution in [2.75, 3.05) is 13.2 Å². The van der Waals surface area contributed by atoms with Crippen molar-refractivity contribution in [3.63, 3.8) is 0 Å². The van der Waals surface area contributed by atoms with Crippen LogP contribution >= 0.6 is 0 Å². The molecule has 1 fully saturated rings. The van der Waals surface area contributed by atoms with Gasteiger partial charge in [-0.1, -0.05) is 80.4 Å². The van der Waals surface area contributed by atoms with E-state index in [-0.39, 0.29) is 24.5 Å². The molecule has 6 nitrogen and oxygen atoms in total. The van der Waals surface area contributed by atoms with Crippen LogP contribution in [0.1, 0.15) is 37.3 Å². The Morgan fingerprint density at radius 3 is 2.47 bits per heavy atom. The molecule has 6 heteroatoms. The zero-order chi connectivity index (χ0) is 21.2. The predicted molar refractivity (Wildman–Crippen MR) is 114 cm³/mol. The normalized spacial score (nSPS) is 17.0. The fourth-order valence-corrected chi connectivity index (χ4v) is 3.60. The number of benzene rings is 2. The van der Waals surface area contributed by atoms with Crippen molar-refractivity contribution in [1.29, 1.82) is 0 Å². The van der Waals surface area contributed by atoms with Crippen molar-refractivity contribution in [2.24, 2.45) is 5.92 Å². The van der Waals surface area contributed by atoms with Gasteiger partial charge in [0.2, 0.25) is 5.91 Å². The highest BCUT2D eigenvalue weighted by Crippen LogP contribution is 2.22. The minimum absolute atomic E-state index is 0.192. The van der Waals surface area contributed by atoms with Crippen LogP contribution in [0.15, 0.2) is 60.7 Å². The molecule has 1 saturated heterocycles. The first-order valence-electron chi connectivity index (χ1n) is 10.6. The van der Waals surface area contributed by atoms with E-state index in [2.05, 4.69) is 12.4 Å². The van der Waals surface area contributed by atoms with Gasteiger partial charge in [-0.2, -0.15) is 0 Å². The minimum Gasteiger partial charge on any atom is -0.447 e. The largest absolute Gasteiger partial charge is 0.447 e. The van der Waals surface area contributed by atoms with Gasteiger partial charge in [0.1, 0.15) is 6.61 Å². The molecule has 0 radical (unpaired) electrons. The lowest BCUT2D eigenvalue weighted by Crippen LogP contribution is -2.46. The molecule has 2 atom stereocenters. The summed E-state index contributed by atoms with van der Waals surface area (Å²) in [5, 5.41) is 0. The first kappa shape index (κ1) is 22.0. The molecule has 0 aliphatic carbocycles. The van der Waals surface area contributed by atoms with Crippen LogP contribution in [0.4, 0.5) is 4.79 Å². The van der Waals surface area contributed by atoms with E-state index in [0.29, 0.717) is 26.0 Å². The van der Waals surface area contributed by atoms with E-state index in [4.69, 9.17) is 9.57 Å². The second kappa shape index (κ2) is 11.5. The summed E-state index contributed by atoms with van der Waals surface area (Å²) in [6.45, 7) is 3.09. The first-order chi connectivity index (χ1) is 14.7.